The number of hydrogen-bond donors (Lipinski definition) is 3. The van der Waals surface area contributed by atoms with Crippen LogP contribution in [0.2, 0.25) is 0 Å². The fourth-order valence-corrected chi connectivity index (χ4v) is 18.3. The maximum absolute atomic E-state index is 13.7. The molecule has 18 aromatic carbocycles. The van der Waals surface area contributed by atoms with Crippen LogP contribution in [0.25, 0.3) is 187 Å². The molecule has 0 amide bonds. The van der Waals surface area contributed by atoms with E-state index in [4.69, 9.17) is 21.3 Å². The second-order valence-electron chi connectivity index (χ2n) is 29.9. The van der Waals surface area contributed by atoms with Gasteiger partial charge in [-0.15, -0.1) is 4.91 Å². The van der Waals surface area contributed by atoms with Crippen LogP contribution in [0.5, 0.6) is 5.75 Å². The number of carboxylic acid groups (broad SMARTS) is 1. The first kappa shape index (κ1) is 73.4. The summed E-state index contributed by atoms with van der Waals surface area (Å²) in [4.78, 5) is 48.5. The van der Waals surface area contributed by atoms with Gasteiger partial charge >= 0.3 is 5.97 Å². The van der Waals surface area contributed by atoms with Gasteiger partial charge in [0.15, 0.2) is 16.9 Å². The highest BCUT2D eigenvalue weighted by Gasteiger charge is 2.41. The third-order valence-corrected chi connectivity index (χ3v) is 23.1. The lowest BCUT2D eigenvalue weighted by Crippen LogP contribution is -2.04. The quantitative estimate of drug-likeness (QED) is 0.0254. The van der Waals surface area contributed by atoms with E-state index in [0.717, 1.165) is 39.8 Å². The van der Waals surface area contributed by atoms with E-state index in [9.17, 15) is 19.3 Å². The van der Waals surface area contributed by atoms with Crippen LogP contribution in [-0.4, -0.2) is 29.9 Å². The number of benzene rings is 18. The lowest BCUT2D eigenvalue weighted by atomic mass is 9.78. The minimum Gasteiger partial charge on any atom is -0.478 e. The van der Waals surface area contributed by atoms with Crippen molar-refractivity contribution in [3.63, 3.8) is 0 Å². The molecule has 0 atom stereocenters. The zero-order chi connectivity index (χ0) is 78.8. The number of ketones is 1. The standard InChI is InChI=1S/C62H36.C27H16O.C12H10N2O4.C5H11NO2.CH4/c1-5-17-39(18-6-1)53-49-35-33-44-43(57(49)55(41-21-9-3-10-22-41)61-47-31-15-27-37-25-13-29-45(51(37)47)59(53)61)34-36-50-54(40-19-7-2-8-20-40)60-46-30-14-26-38-28-16-32-48(52(38)46)62(60)56(58(44)50)42-23-11-4-12-24-42;28-27-23(18-9-3-1-4-10-18)25-20-15-7-13-17-14-8-16-21(22(17)20)26(25)24(27)19-11-5-2-6-12-19;13-10-6-3-4-9(18-5-15)11(14)7(6)1-2-8(10)12(16)17;1-5(2)3-4-8-6-7;/h1-36H;1-16H;1-5H,13-14H2,(H,16,17);5H,3-4H2,1-2H3;1H4. The summed E-state index contributed by atoms with van der Waals surface area (Å²) in [7, 11) is 0. The van der Waals surface area contributed by atoms with Crippen LogP contribution in [0.4, 0.5) is 11.4 Å². The van der Waals surface area contributed by atoms with E-state index >= 15 is 0 Å². The van der Waals surface area contributed by atoms with Crippen molar-refractivity contribution >= 4 is 127 Å². The number of fused-ring (bicyclic) bond motifs is 15. The molecule has 4 aliphatic carbocycles. The monoisotopic (exact) mass is 1520 g/mol. The Morgan fingerprint density at radius 2 is 0.667 bits per heavy atom. The number of rotatable bonds is 13. The Labute approximate surface area is 676 Å². The number of nitrogens with zero attached hydrogens (tertiary/aromatic N) is 1. The maximum atomic E-state index is 13.7. The molecule has 562 valence electrons. The molecule has 0 heterocycles. The highest BCUT2D eigenvalue weighted by Crippen LogP contribution is 2.63. The topological polar surface area (TPSA) is 171 Å². The molecule has 0 bridgehead atoms. The Kier molecular flexibility index (Phi) is 19.1. The molecule has 5 N–H and O–H groups in total. The first-order chi connectivity index (χ1) is 57.0. The van der Waals surface area contributed by atoms with Gasteiger partial charge in [0, 0.05) is 33.1 Å². The Morgan fingerprint density at radius 3 is 1.03 bits per heavy atom. The number of Topliss-reactive ketones (excluding diaryl/α,β-unsaturated/α-hetero) is 1. The maximum Gasteiger partial charge on any atom is 0.337 e. The highest BCUT2D eigenvalue weighted by molar-refractivity contribution is 6.61. The van der Waals surface area contributed by atoms with E-state index in [1.165, 1.54) is 183 Å². The molecule has 0 aromatic heterocycles. The van der Waals surface area contributed by atoms with Gasteiger partial charge in [0.2, 0.25) is 0 Å². The Hall–Kier alpha value is -15.1. The average molecular weight is 1520 g/mol. The first-order valence-corrected chi connectivity index (χ1v) is 38.9. The Bertz CT molecular complexity index is 6820. The normalized spacial score (nSPS) is 12.2. The van der Waals surface area contributed by atoms with Crippen molar-refractivity contribution in [2.45, 2.75) is 27.7 Å². The number of allylic oxidation sites excluding steroid dienone is 4. The molecular weight excluding hydrogens is 1440 g/mol. The predicted molar refractivity (Wildman–Crippen MR) is 484 cm³/mol. The van der Waals surface area contributed by atoms with Crippen molar-refractivity contribution in [1.82, 2.24) is 0 Å². The SMILES string of the molecule is C.CC(C)CCON=O.Nc1c(OC=O)ccc2c(N)c(C(=O)O)ccc12.O=C1C(c2ccccc2)=C2C(=C1c1ccccc1)c1cccc3cccc2c13.c1ccc(-c2c3c(c(-c4ccccc4)c4c2ccc2c4ccc4c(-c5ccccc5)c5c(c(-c6ccccc6)c42)-c2cccc4cccc-5c24)-c2cccc4cccc-3c24)cc1. The van der Waals surface area contributed by atoms with Gasteiger partial charge in [-0.2, -0.15) is 0 Å². The van der Waals surface area contributed by atoms with Crippen molar-refractivity contribution in [1.29, 1.82) is 0 Å². The fraction of sp³-hybridized carbons (Fsp3) is 0.0561. The number of carbonyl (C=O) groups excluding carboxylic acids is 2. The Balaban J connectivity index is 0.000000140. The van der Waals surface area contributed by atoms with Gasteiger partial charge in [-0.25, -0.2) is 4.79 Å². The van der Waals surface area contributed by atoms with Crippen molar-refractivity contribution in [2.24, 2.45) is 11.3 Å². The van der Waals surface area contributed by atoms with Gasteiger partial charge in [-0.3, -0.25) is 9.59 Å². The zero-order valence-electron chi connectivity index (χ0n) is 63.4. The molecule has 0 spiro atoms. The van der Waals surface area contributed by atoms with Gasteiger partial charge in [0.1, 0.15) is 6.61 Å². The van der Waals surface area contributed by atoms with Crippen LogP contribution in [0, 0.1) is 10.8 Å². The minimum absolute atomic E-state index is 0. The van der Waals surface area contributed by atoms with Crippen LogP contribution in [0.3, 0.4) is 0 Å². The van der Waals surface area contributed by atoms with Crippen LogP contribution in [-0.2, 0) is 14.4 Å². The molecule has 0 aliphatic heterocycles. The van der Waals surface area contributed by atoms with E-state index in [-0.39, 0.29) is 42.4 Å². The summed E-state index contributed by atoms with van der Waals surface area (Å²) in [6, 6.07) is 121. The summed E-state index contributed by atoms with van der Waals surface area (Å²) in [5.41, 5.74) is 40.7. The van der Waals surface area contributed by atoms with Crippen molar-refractivity contribution in [3.05, 3.63) is 372 Å². The molecule has 4 aliphatic rings. The first-order valence-electron chi connectivity index (χ1n) is 38.9. The number of anilines is 2. The number of nitrogen functional groups attached to an aromatic ring is 2. The molecule has 22 rings (SSSR count). The number of hydrogen-bond acceptors (Lipinski definition) is 9. The number of ether oxygens (including phenoxy) is 1. The number of aromatic carboxylic acids is 1. The molecule has 0 saturated carbocycles. The smallest absolute Gasteiger partial charge is 0.337 e. The minimum atomic E-state index is -1.11. The molecule has 0 saturated heterocycles. The average Bonchev–Trinajstić information content (AvgIpc) is 1.59. The molecule has 18 aromatic rings. The van der Waals surface area contributed by atoms with Crippen LogP contribution in [0.15, 0.2) is 345 Å². The van der Waals surface area contributed by atoms with E-state index in [0.29, 0.717) is 23.3 Å². The second kappa shape index (κ2) is 30.4. The molecular formula is C107H77N3O7. The molecule has 0 radical (unpaired) electrons. The number of carboxylic acids is 1. The summed E-state index contributed by atoms with van der Waals surface area (Å²) in [6.45, 7) is 4.84. The van der Waals surface area contributed by atoms with Crippen LogP contribution in [0.1, 0.15) is 60.3 Å². The van der Waals surface area contributed by atoms with Crippen molar-refractivity contribution in [3.8, 4) is 94.8 Å². The van der Waals surface area contributed by atoms with Crippen molar-refractivity contribution < 1.29 is 29.1 Å². The van der Waals surface area contributed by atoms with Gasteiger partial charge in [-0.05, 0) is 206 Å². The lowest BCUT2D eigenvalue weighted by molar-refractivity contribution is -0.120. The zero-order valence-corrected chi connectivity index (χ0v) is 63.4. The number of nitrogens with two attached hydrogens (primary N) is 2. The van der Waals surface area contributed by atoms with E-state index in [1.807, 2.05) is 60.7 Å². The second-order valence-corrected chi connectivity index (χ2v) is 29.9. The predicted octanol–water partition coefficient (Wildman–Crippen LogP) is 27.3. The summed E-state index contributed by atoms with van der Waals surface area (Å²) in [5, 5.41) is 27.6. The molecule has 0 fully saturated rings. The Morgan fingerprint density at radius 1 is 0.350 bits per heavy atom. The van der Waals surface area contributed by atoms with Crippen LogP contribution < -0.4 is 16.2 Å². The lowest BCUT2D eigenvalue weighted by Gasteiger charge is -2.24. The molecule has 10 nitrogen and oxygen atoms in total. The van der Waals surface area contributed by atoms with E-state index in [2.05, 4.69) is 279 Å². The third kappa shape index (κ3) is 12.2. The van der Waals surface area contributed by atoms with E-state index in [1.54, 1.807) is 6.07 Å². The van der Waals surface area contributed by atoms with Crippen molar-refractivity contribution in [2.75, 3.05) is 18.1 Å². The molecule has 117 heavy (non-hydrogen) atoms. The summed E-state index contributed by atoms with van der Waals surface area (Å²) in [6.07, 6.45) is 0.895. The third-order valence-electron chi connectivity index (χ3n) is 23.1. The molecule has 10 heteroatoms. The number of carbonyl (C=O) groups is 3. The highest BCUT2D eigenvalue weighted by atomic mass is 16.7. The molecule has 0 unspecified atom stereocenters. The van der Waals surface area contributed by atoms with E-state index < -0.39 is 5.97 Å². The van der Waals surface area contributed by atoms with Gasteiger partial charge in [0.25, 0.3) is 6.47 Å². The summed E-state index contributed by atoms with van der Waals surface area (Å²) < 4.78 is 4.70. The summed E-state index contributed by atoms with van der Waals surface area (Å²) >= 11 is 0. The van der Waals surface area contributed by atoms with Gasteiger partial charge < -0.3 is 26.1 Å². The van der Waals surface area contributed by atoms with Gasteiger partial charge in [-0.1, -0.05) is 343 Å². The summed E-state index contributed by atoms with van der Waals surface area (Å²) in [5.74, 6) is -0.202. The largest absolute Gasteiger partial charge is 0.478 e. The fourth-order valence-electron chi connectivity index (χ4n) is 18.3. The van der Waals surface area contributed by atoms with Gasteiger partial charge in [0.05, 0.1) is 16.9 Å². The van der Waals surface area contributed by atoms with Crippen LogP contribution >= 0.6 is 0 Å².